The summed E-state index contributed by atoms with van der Waals surface area (Å²) in [6, 6.07) is 6.47. The van der Waals surface area contributed by atoms with Crippen LogP contribution in [-0.2, 0) is 11.8 Å². The lowest BCUT2D eigenvalue weighted by Crippen LogP contribution is -2.30. The number of amides is 1. The van der Waals surface area contributed by atoms with Crippen molar-refractivity contribution in [2.45, 2.75) is 26.3 Å². The van der Waals surface area contributed by atoms with Gasteiger partial charge in [-0.1, -0.05) is 24.3 Å². The smallest absolute Gasteiger partial charge is 0.223 e. The van der Waals surface area contributed by atoms with E-state index in [9.17, 15) is 9.18 Å². The number of carbonyl (C=O) groups excluding carboxylic acids is 1. The third-order valence-corrected chi connectivity index (χ3v) is 5.40. The van der Waals surface area contributed by atoms with Crippen molar-refractivity contribution in [2.75, 3.05) is 20.1 Å². The number of aryl methyl sites for hydroxylation is 2. The number of nitrogens with zero attached hydrogens (tertiary/aromatic N) is 3. The minimum Gasteiger partial charge on any atom is -0.338 e. The molecule has 2 heterocycles. The van der Waals surface area contributed by atoms with Gasteiger partial charge in [0.1, 0.15) is 5.82 Å². The van der Waals surface area contributed by atoms with Gasteiger partial charge in [-0.2, -0.15) is 5.10 Å². The molecule has 2 aromatic rings. The lowest BCUT2D eigenvalue weighted by atomic mass is 9.92. The van der Waals surface area contributed by atoms with Crippen LogP contribution in [0.2, 0.25) is 0 Å². The van der Waals surface area contributed by atoms with E-state index in [4.69, 9.17) is 0 Å². The van der Waals surface area contributed by atoms with Gasteiger partial charge in [0, 0.05) is 50.8 Å². The maximum Gasteiger partial charge on any atom is 0.223 e. The molecular formula is C21H27FN4O. The molecule has 0 bridgehead atoms. The van der Waals surface area contributed by atoms with Gasteiger partial charge in [0.05, 0.1) is 11.7 Å². The van der Waals surface area contributed by atoms with E-state index in [1.54, 1.807) is 12.1 Å². The first-order chi connectivity index (χ1) is 12.9. The topological polar surface area (TPSA) is 50.2 Å². The fourth-order valence-electron chi connectivity index (χ4n) is 3.90. The lowest BCUT2D eigenvalue weighted by Gasteiger charge is -2.26. The van der Waals surface area contributed by atoms with Crippen molar-refractivity contribution < 1.29 is 9.18 Å². The summed E-state index contributed by atoms with van der Waals surface area (Å²) < 4.78 is 14.8. The molecule has 0 saturated carbocycles. The Morgan fingerprint density at radius 1 is 1.26 bits per heavy atom. The molecule has 1 aromatic heterocycles. The lowest BCUT2D eigenvalue weighted by molar-refractivity contribution is -0.127. The van der Waals surface area contributed by atoms with Crippen molar-refractivity contribution in [3.8, 4) is 0 Å². The van der Waals surface area contributed by atoms with Gasteiger partial charge in [-0.15, -0.1) is 0 Å². The molecule has 0 unspecified atom stereocenters. The zero-order chi connectivity index (χ0) is 19.6. The zero-order valence-electron chi connectivity index (χ0n) is 16.4. The number of carbonyl (C=O) groups is 1. The highest BCUT2D eigenvalue weighted by molar-refractivity contribution is 5.79. The van der Waals surface area contributed by atoms with Crippen LogP contribution in [0.3, 0.4) is 0 Å². The third-order valence-electron chi connectivity index (χ3n) is 5.40. The van der Waals surface area contributed by atoms with Gasteiger partial charge < -0.3 is 10.2 Å². The molecular weight excluding hydrogens is 343 g/mol. The summed E-state index contributed by atoms with van der Waals surface area (Å²) in [6.45, 7) is 5.52. The van der Waals surface area contributed by atoms with E-state index in [1.165, 1.54) is 17.7 Å². The number of hydrogen-bond acceptors (Lipinski definition) is 3. The number of likely N-dealkylation sites (tertiary alicyclic amines) is 1. The first-order valence-corrected chi connectivity index (χ1v) is 9.27. The van der Waals surface area contributed by atoms with Crippen molar-refractivity contribution in [2.24, 2.45) is 13.0 Å². The van der Waals surface area contributed by atoms with Crippen LogP contribution in [0.15, 0.2) is 30.3 Å². The van der Waals surface area contributed by atoms with E-state index in [2.05, 4.69) is 17.3 Å². The van der Waals surface area contributed by atoms with Gasteiger partial charge in [0.15, 0.2) is 0 Å². The third kappa shape index (κ3) is 4.11. The highest BCUT2D eigenvalue weighted by Gasteiger charge is 2.40. The largest absolute Gasteiger partial charge is 0.338 e. The van der Waals surface area contributed by atoms with Gasteiger partial charge in [-0.05, 0) is 31.5 Å². The van der Waals surface area contributed by atoms with Crippen molar-refractivity contribution >= 4 is 12.0 Å². The number of rotatable bonds is 6. The molecule has 0 spiro atoms. The second-order valence-corrected chi connectivity index (χ2v) is 7.23. The quantitative estimate of drug-likeness (QED) is 0.796. The van der Waals surface area contributed by atoms with Crippen molar-refractivity contribution in [1.29, 1.82) is 0 Å². The minimum absolute atomic E-state index is 0.0554. The zero-order valence-corrected chi connectivity index (χ0v) is 16.4. The molecule has 1 fully saturated rings. The summed E-state index contributed by atoms with van der Waals surface area (Å²) >= 11 is 0. The Kier molecular flexibility index (Phi) is 5.75. The number of aromatic nitrogens is 2. The van der Waals surface area contributed by atoms with Crippen LogP contribution in [0.1, 0.15) is 35.0 Å². The predicted molar refractivity (Wildman–Crippen MR) is 105 cm³/mol. The predicted octanol–water partition coefficient (Wildman–Crippen LogP) is 3.00. The summed E-state index contributed by atoms with van der Waals surface area (Å²) in [5, 5.41) is 7.95. The molecule has 3 rings (SSSR count). The molecule has 1 aliphatic rings. The summed E-state index contributed by atoms with van der Waals surface area (Å²) in [4.78, 5) is 14.2. The number of hydrogen-bond donors (Lipinski definition) is 1. The Morgan fingerprint density at radius 3 is 2.59 bits per heavy atom. The second-order valence-electron chi connectivity index (χ2n) is 7.23. The second kappa shape index (κ2) is 8.05. The molecule has 0 radical (unpaired) electrons. The highest BCUT2D eigenvalue weighted by Crippen LogP contribution is 2.39. The van der Waals surface area contributed by atoms with Crippen molar-refractivity contribution in [3.63, 3.8) is 0 Å². The highest BCUT2D eigenvalue weighted by atomic mass is 19.1. The SMILES string of the molecule is Cc1nn(C)c(C)c1[C@H]1[C@H](CNC/C=C/c2ccc(F)cc2)CC(=O)N1C. The fourth-order valence-corrected chi connectivity index (χ4v) is 3.90. The summed E-state index contributed by atoms with van der Waals surface area (Å²) in [5.41, 5.74) is 4.23. The Hall–Kier alpha value is -2.47. The fraction of sp³-hybridized carbons (Fsp3) is 0.429. The molecule has 27 heavy (non-hydrogen) atoms. The monoisotopic (exact) mass is 370 g/mol. The summed E-state index contributed by atoms with van der Waals surface area (Å²) in [7, 11) is 3.82. The molecule has 1 N–H and O–H groups in total. The van der Waals surface area contributed by atoms with Crippen LogP contribution in [0.5, 0.6) is 0 Å². The molecule has 2 atom stereocenters. The van der Waals surface area contributed by atoms with E-state index >= 15 is 0 Å². The van der Waals surface area contributed by atoms with Gasteiger partial charge in [-0.3, -0.25) is 9.48 Å². The maximum atomic E-state index is 12.9. The Balaban J connectivity index is 1.63. The Labute approximate surface area is 159 Å². The first-order valence-electron chi connectivity index (χ1n) is 9.27. The number of halogens is 1. The number of benzene rings is 1. The average Bonchev–Trinajstić information content (AvgIpc) is 3.04. The molecule has 1 aliphatic heterocycles. The van der Waals surface area contributed by atoms with E-state index in [-0.39, 0.29) is 23.7 Å². The van der Waals surface area contributed by atoms with Crippen LogP contribution in [0, 0.1) is 25.6 Å². The minimum atomic E-state index is -0.229. The Morgan fingerprint density at radius 2 is 1.96 bits per heavy atom. The van der Waals surface area contributed by atoms with Crippen LogP contribution in [0.4, 0.5) is 4.39 Å². The van der Waals surface area contributed by atoms with E-state index < -0.39 is 0 Å². The maximum absolute atomic E-state index is 12.9. The van der Waals surface area contributed by atoms with E-state index in [0.717, 1.165) is 23.5 Å². The average molecular weight is 370 g/mol. The number of nitrogens with one attached hydrogen (secondary N) is 1. The first kappa shape index (κ1) is 19.3. The normalized spacial score (nSPS) is 20.2. The van der Waals surface area contributed by atoms with Crippen molar-refractivity contribution in [3.05, 3.63) is 58.7 Å². The Bertz CT molecular complexity index is 841. The molecule has 6 heteroatoms. The molecule has 1 aromatic carbocycles. The molecule has 5 nitrogen and oxygen atoms in total. The van der Waals surface area contributed by atoms with Crippen LogP contribution in [0.25, 0.3) is 6.08 Å². The standard InChI is InChI=1S/C21H27FN4O/c1-14-20(15(2)26(4)24-14)21-17(12-19(27)25(21)3)13-23-11-5-6-16-7-9-18(22)10-8-16/h5-10,17,21,23H,11-13H2,1-4H3/b6-5+/t17-,21+/m0/s1. The van der Waals surface area contributed by atoms with Gasteiger partial charge in [0.25, 0.3) is 0 Å². The van der Waals surface area contributed by atoms with Crippen LogP contribution in [-0.4, -0.2) is 40.7 Å². The van der Waals surface area contributed by atoms with Gasteiger partial charge in [0.2, 0.25) is 5.91 Å². The molecule has 144 valence electrons. The molecule has 1 amide bonds. The van der Waals surface area contributed by atoms with Gasteiger partial charge >= 0.3 is 0 Å². The van der Waals surface area contributed by atoms with Gasteiger partial charge in [-0.25, -0.2) is 4.39 Å². The van der Waals surface area contributed by atoms with Crippen LogP contribution >= 0.6 is 0 Å². The van der Waals surface area contributed by atoms with Crippen molar-refractivity contribution in [1.82, 2.24) is 20.0 Å². The summed E-state index contributed by atoms with van der Waals surface area (Å²) in [5.74, 6) is 0.159. The summed E-state index contributed by atoms with van der Waals surface area (Å²) in [6.07, 6.45) is 4.53. The molecule has 1 saturated heterocycles. The van der Waals surface area contributed by atoms with Crippen LogP contribution < -0.4 is 5.32 Å². The van der Waals surface area contributed by atoms with E-state index in [0.29, 0.717) is 13.0 Å². The van der Waals surface area contributed by atoms with E-state index in [1.807, 2.05) is 42.8 Å². The molecule has 0 aliphatic carbocycles.